The number of nitrogens with zero attached hydrogens (tertiary/aromatic N) is 2. The third kappa shape index (κ3) is 3.58. The van der Waals surface area contributed by atoms with Gasteiger partial charge in [-0.05, 0) is 12.1 Å². The molecule has 0 unspecified atom stereocenters. The van der Waals surface area contributed by atoms with E-state index in [9.17, 15) is 4.79 Å². The van der Waals surface area contributed by atoms with Crippen molar-refractivity contribution in [1.82, 2.24) is 10.2 Å². The van der Waals surface area contributed by atoms with E-state index in [2.05, 4.69) is 15.5 Å². The van der Waals surface area contributed by atoms with Gasteiger partial charge in [-0.1, -0.05) is 52.4 Å². The van der Waals surface area contributed by atoms with Crippen molar-refractivity contribution in [3.63, 3.8) is 0 Å². The molecule has 94 valence electrons. The topological polar surface area (TPSA) is 54.9 Å². The van der Waals surface area contributed by atoms with Gasteiger partial charge >= 0.3 is 0 Å². The first-order chi connectivity index (χ1) is 8.66. The Bertz CT molecular complexity index is 528. The van der Waals surface area contributed by atoms with E-state index in [1.165, 1.54) is 23.1 Å². The number of rotatable bonds is 4. The molecule has 1 aromatic heterocycles. The maximum atomic E-state index is 11.7. The molecule has 1 aromatic carbocycles. The van der Waals surface area contributed by atoms with Crippen LogP contribution in [0.5, 0.6) is 0 Å². The van der Waals surface area contributed by atoms with Crippen LogP contribution in [0.25, 0.3) is 0 Å². The van der Waals surface area contributed by atoms with Gasteiger partial charge in [0.15, 0.2) is 4.34 Å². The minimum atomic E-state index is -0.190. The summed E-state index contributed by atoms with van der Waals surface area (Å²) in [5.74, 6) is 0.0433. The van der Waals surface area contributed by atoms with Crippen LogP contribution < -0.4 is 5.32 Å². The van der Waals surface area contributed by atoms with Crippen molar-refractivity contribution in [2.45, 2.75) is 4.34 Å². The van der Waals surface area contributed by atoms with E-state index in [0.717, 1.165) is 4.34 Å². The molecule has 0 radical (unpaired) electrons. The second kappa shape index (κ2) is 6.38. The molecule has 2 aromatic rings. The van der Waals surface area contributed by atoms with Gasteiger partial charge in [-0.15, -0.1) is 10.2 Å². The van der Waals surface area contributed by atoms with Crippen LogP contribution in [-0.4, -0.2) is 21.9 Å². The van der Waals surface area contributed by atoms with Crippen LogP contribution in [0.3, 0.4) is 0 Å². The smallest absolute Gasteiger partial charge is 0.234 e. The molecule has 1 N–H and O–H groups in total. The molecule has 0 atom stereocenters. The second-order valence-corrected chi connectivity index (χ2v) is 6.01. The lowest BCUT2D eigenvalue weighted by Crippen LogP contribution is -2.14. The van der Waals surface area contributed by atoms with Gasteiger partial charge in [0, 0.05) is 0 Å². The van der Waals surface area contributed by atoms with Gasteiger partial charge in [0.1, 0.15) is 5.51 Å². The predicted molar refractivity (Wildman–Crippen MR) is 75.7 cm³/mol. The molecular weight excluding hydrogens is 313 g/mol. The molecule has 0 spiro atoms. The predicted octanol–water partition coefficient (Wildman–Crippen LogP) is 3.58. The van der Waals surface area contributed by atoms with Crippen LogP contribution in [0, 0.1) is 0 Å². The number of thioether (sulfide) groups is 1. The summed E-state index contributed by atoms with van der Waals surface area (Å²) in [6.45, 7) is 0. The monoisotopic (exact) mass is 319 g/mol. The Balaban J connectivity index is 1.95. The zero-order valence-corrected chi connectivity index (χ0v) is 12.0. The van der Waals surface area contributed by atoms with E-state index in [-0.39, 0.29) is 11.7 Å². The van der Waals surface area contributed by atoms with Gasteiger partial charge in [0.05, 0.1) is 21.5 Å². The van der Waals surface area contributed by atoms with Gasteiger partial charge in [0.25, 0.3) is 0 Å². The summed E-state index contributed by atoms with van der Waals surface area (Å²) in [6.07, 6.45) is 0. The van der Waals surface area contributed by atoms with E-state index in [0.29, 0.717) is 15.7 Å². The van der Waals surface area contributed by atoms with Crippen LogP contribution in [0.2, 0.25) is 10.0 Å². The molecule has 0 aliphatic heterocycles. The zero-order chi connectivity index (χ0) is 13.0. The van der Waals surface area contributed by atoms with Crippen molar-refractivity contribution in [1.29, 1.82) is 0 Å². The average Bonchev–Trinajstić information content (AvgIpc) is 2.84. The van der Waals surface area contributed by atoms with Crippen LogP contribution >= 0.6 is 46.3 Å². The number of para-hydroxylation sites is 1. The number of amides is 1. The van der Waals surface area contributed by atoms with Gasteiger partial charge in [-0.2, -0.15) is 0 Å². The molecule has 0 aliphatic carbocycles. The lowest BCUT2D eigenvalue weighted by atomic mass is 10.3. The van der Waals surface area contributed by atoms with Crippen molar-refractivity contribution in [3.05, 3.63) is 33.8 Å². The lowest BCUT2D eigenvalue weighted by molar-refractivity contribution is -0.113. The molecule has 2 rings (SSSR count). The van der Waals surface area contributed by atoms with E-state index < -0.39 is 0 Å². The number of nitrogens with one attached hydrogen (secondary N) is 1. The Morgan fingerprint density at radius 1 is 1.39 bits per heavy atom. The Morgan fingerprint density at radius 2 is 2.11 bits per heavy atom. The number of anilines is 1. The standard InChI is InChI=1S/C10H7Cl2N3OS2/c11-6-2-1-3-7(12)9(6)14-8(16)4-17-10-15-13-5-18-10/h1-3,5H,4H2,(H,14,16). The summed E-state index contributed by atoms with van der Waals surface area (Å²) in [7, 11) is 0. The number of hydrogen-bond donors (Lipinski definition) is 1. The van der Waals surface area contributed by atoms with Gasteiger partial charge < -0.3 is 5.32 Å². The van der Waals surface area contributed by atoms with Crippen molar-refractivity contribution in [2.75, 3.05) is 11.1 Å². The van der Waals surface area contributed by atoms with Crippen molar-refractivity contribution < 1.29 is 4.79 Å². The van der Waals surface area contributed by atoms with Gasteiger partial charge in [-0.3, -0.25) is 4.79 Å². The van der Waals surface area contributed by atoms with Crippen LogP contribution in [0.1, 0.15) is 0 Å². The summed E-state index contributed by atoms with van der Waals surface area (Å²) in [5, 5.41) is 11.0. The molecule has 0 saturated heterocycles. The highest BCUT2D eigenvalue weighted by molar-refractivity contribution is 8.01. The number of benzene rings is 1. The SMILES string of the molecule is O=C(CSc1nncs1)Nc1c(Cl)cccc1Cl. The van der Waals surface area contributed by atoms with E-state index in [4.69, 9.17) is 23.2 Å². The molecule has 0 aliphatic rings. The van der Waals surface area contributed by atoms with E-state index in [1.807, 2.05) is 0 Å². The average molecular weight is 320 g/mol. The van der Waals surface area contributed by atoms with Gasteiger partial charge in [0.2, 0.25) is 5.91 Å². The quantitative estimate of drug-likeness (QED) is 0.875. The summed E-state index contributed by atoms with van der Waals surface area (Å²) >= 11 is 14.6. The Labute approximate surface area is 122 Å². The third-order valence-corrected chi connectivity index (χ3v) is 4.38. The molecule has 1 heterocycles. The van der Waals surface area contributed by atoms with Crippen molar-refractivity contribution in [3.8, 4) is 0 Å². The summed E-state index contributed by atoms with van der Waals surface area (Å²) in [5.41, 5.74) is 2.05. The molecule has 0 fully saturated rings. The van der Waals surface area contributed by atoms with E-state index in [1.54, 1.807) is 23.7 Å². The van der Waals surface area contributed by atoms with Gasteiger partial charge in [-0.25, -0.2) is 0 Å². The minimum absolute atomic E-state index is 0.190. The fourth-order valence-corrected chi connectivity index (χ4v) is 2.93. The molecule has 18 heavy (non-hydrogen) atoms. The fraction of sp³-hybridized carbons (Fsp3) is 0.100. The number of carbonyl (C=O) groups excluding carboxylic acids is 1. The summed E-state index contributed by atoms with van der Waals surface area (Å²) < 4.78 is 0.746. The normalized spacial score (nSPS) is 10.3. The number of aromatic nitrogens is 2. The van der Waals surface area contributed by atoms with Crippen LogP contribution in [0.4, 0.5) is 5.69 Å². The maximum absolute atomic E-state index is 11.7. The molecule has 8 heteroatoms. The highest BCUT2D eigenvalue weighted by Gasteiger charge is 2.10. The van der Waals surface area contributed by atoms with E-state index >= 15 is 0 Å². The Kier molecular flexibility index (Phi) is 4.82. The molecule has 1 amide bonds. The zero-order valence-electron chi connectivity index (χ0n) is 8.89. The third-order valence-electron chi connectivity index (χ3n) is 1.89. The molecule has 4 nitrogen and oxygen atoms in total. The lowest BCUT2D eigenvalue weighted by Gasteiger charge is -2.08. The van der Waals surface area contributed by atoms with Crippen LogP contribution in [0.15, 0.2) is 28.0 Å². The summed E-state index contributed by atoms with van der Waals surface area (Å²) in [6, 6.07) is 5.05. The number of halogens is 2. The summed E-state index contributed by atoms with van der Waals surface area (Å²) in [4.78, 5) is 11.7. The fourth-order valence-electron chi connectivity index (χ4n) is 1.15. The number of carbonyl (C=O) groups is 1. The largest absolute Gasteiger partial charge is 0.323 e. The van der Waals surface area contributed by atoms with Crippen molar-refractivity contribution >= 4 is 57.9 Å². The first kappa shape index (κ1) is 13.6. The molecule has 0 saturated carbocycles. The maximum Gasteiger partial charge on any atom is 0.234 e. The number of hydrogen-bond acceptors (Lipinski definition) is 5. The minimum Gasteiger partial charge on any atom is -0.323 e. The first-order valence-corrected chi connectivity index (χ1v) is 7.42. The Hall–Kier alpha value is -0.820. The first-order valence-electron chi connectivity index (χ1n) is 4.79. The second-order valence-electron chi connectivity index (χ2n) is 3.14. The van der Waals surface area contributed by atoms with Crippen molar-refractivity contribution in [2.24, 2.45) is 0 Å². The van der Waals surface area contributed by atoms with Crippen LogP contribution in [-0.2, 0) is 4.79 Å². The molecule has 0 bridgehead atoms. The highest BCUT2D eigenvalue weighted by Crippen LogP contribution is 2.30. The highest BCUT2D eigenvalue weighted by atomic mass is 35.5. The molecular formula is C10H7Cl2N3OS2. The Morgan fingerprint density at radius 3 is 2.72 bits per heavy atom.